The lowest BCUT2D eigenvalue weighted by Crippen LogP contribution is -2.29. The predicted molar refractivity (Wildman–Crippen MR) is 96.9 cm³/mol. The van der Waals surface area contributed by atoms with E-state index in [1.165, 1.54) is 11.1 Å². The summed E-state index contributed by atoms with van der Waals surface area (Å²) in [6.07, 6.45) is 1.89. The van der Waals surface area contributed by atoms with Crippen LogP contribution in [0.15, 0.2) is 46.9 Å². The predicted octanol–water partition coefficient (Wildman–Crippen LogP) is 4.19. The maximum Gasteiger partial charge on any atom is 0.257 e. The molecule has 0 fully saturated rings. The fraction of sp³-hybridized carbons (Fsp3) is 0.316. The average Bonchev–Trinajstić information content (AvgIpc) is 2.53. The van der Waals surface area contributed by atoms with Gasteiger partial charge in [-0.25, -0.2) is 0 Å². The summed E-state index contributed by atoms with van der Waals surface area (Å²) >= 11 is 3.44. The molecular formula is C19H22BrNO2. The van der Waals surface area contributed by atoms with Crippen molar-refractivity contribution in [1.82, 2.24) is 5.32 Å². The first-order valence-corrected chi connectivity index (χ1v) is 8.55. The van der Waals surface area contributed by atoms with Crippen LogP contribution in [0.3, 0.4) is 0 Å². The Morgan fingerprint density at radius 2 is 2.00 bits per heavy atom. The molecule has 0 aliphatic heterocycles. The van der Waals surface area contributed by atoms with Gasteiger partial charge < -0.3 is 10.1 Å². The molecule has 0 saturated carbocycles. The Morgan fingerprint density at radius 1 is 1.17 bits per heavy atom. The molecule has 0 spiro atoms. The normalized spacial score (nSPS) is 10.4. The number of rotatable bonds is 7. The number of amides is 1. The highest BCUT2D eigenvalue weighted by molar-refractivity contribution is 9.10. The van der Waals surface area contributed by atoms with E-state index in [9.17, 15) is 4.79 Å². The zero-order chi connectivity index (χ0) is 16.7. The zero-order valence-corrected chi connectivity index (χ0v) is 15.2. The molecule has 0 unspecified atom stereocenters. The maximum atomic E-state index is 11.8. The lowest BCUT2D eigenvalue weighted by molar-refractivity contribution is -0.123. The van der Waals surface area contributed by atoms with Crippen LogP contribution in [0.4, 0.5) is 0 Å². The van der Waals surface area contributed by atoms with Gasteiger partial charge in [0, 0.05) is 11.0 Å². The summed E-state index contributed by atoms with van der Waals surface area (Å²) in [6.45, 7) is 4.79. The SMILES string of the molecule is Cc1cccc(CCCNC(=O)COc2ccc(Br)c(C)c2)c1. The summed E-state index contributed by atoms with van der Waals surface area (Å²) < 4.78 is 6.53. The van der Waals surface area contributed by atoms with Crippen molar-refractivity contribution in [3.8, 4) is 5.75 Å². The van der Waals surface area contributed by atoms with Gasteiger partial charge in [-0.05, 0) is 56.0 Å². The molecule has 0 atom stereocenters. The number of hydrogen-bond donors (Lipinski definition) is 1. The second-order valence-electron chi connectivity index (χ2n) is 5.64. The van der Waals surface area contributed by atoms with Gasteiger partial charge in [-0.2, -0.15) is 0 Å². The third kappa shape index (κ3) is 6.06. The summed E-state index contributed by atoms with van der Waals surface area (Å²) in [5, 5.41) is 2.89. The first-order valence-electron chi connectivity index (χ1n) is 7.76. The third-order valence-electron chi connectivity index (χ3n) is 3.55. The molecule has 2 aromatic carbocycles. The Hall–Kier alpha value is -1.81. The van der Waals surface area contributed by atoms with Crippen molar-refractivity contribution in [2.75, 3.05) is 13.2 Å². The van der Waals surface area contributed by atoms with Gasteiger partial charge in [0.25, 0.3) is 5.91 Å². The molecule has 122 valence electrons. The van der Waals surface area contributed by atoms with Gasteiger partial charge in [0.1, 0.15) is 5.75 Å². The Labute approximate surface area is 146 Å². The van der Waals surface area contributed by atoms with Crippen LogP contribution in [0.2, 0.25) is 0 Å². The Balaban J connectivity index is 1.66. The van der Waals surface area contributed by atoms with Crippen LogP contribution >= 0.6 is 15.9 Å². The molecule has 1 amide bonds. The number of halogens is 1. The van der Waals surface area contributed by atoms with Crippen molar-refractivity contribution < 1.29 is 9.53 Å². The van der Waals surface area contributed by atoms with E-state index in [0.29, 0.717) is 12.3 Å². The fourth-order valence-corrected chi connectivity index (χ4v) is 2.54. The van der Waals surface area contributed by atoms with Crippen molar-refractivity contribution in [1.29, 1.82) is 0 Å². The van der Waals surface area contributed by atoms with Gasteiger partial charge in [0.05, 0.1) is 0 Å². The number of aryl methyl sites for hydroxylation is 3. The molecule has 4 heteroatoms. The van der Waals surface area contributed by atoms with Crippen LogP contribution in [-0.4, -0.2) is 19.1 Å². The highest BCUT2D eigenvalue weighted by Crippen LogP contribution is 2.21. The van der Waals surface area contributed by atoms with Crippen LogP contribution < -0.4 is 10.1 Å². The van der Waals surface area contributed by atoms with Crippen molar-refractivity contribution in [2.45, 2.75) is 26.7 Å². The Kier molecular flexibility index (Phi) is 6.66. The van der Waals surface area contributed by atoms with Gasteiger partial charge >= 0.3 is 0 Å². The molecule has 0 bridgehead atoms. The molecule has 2 rings (SSSR count). The third-order valence-corrected chi connectivity index (χ3v) is 4.44. The molecule has 2 aromatic rings. The second kappa shape index (κ2) is 8.73. The minimum absolute atomic E-state index is 0.0471. The number of benzene rings is 2. The lowest BCUT2D eigenvalue weighted by Gasteiger charge is -2.09. The summed E-state index contributed by atoms with van der Waals surface area (Å²) in [4.78, 5) is 11.8. The van der Waals surface area contributed by atoms with E-state index in [-0.39, 0.29) is 12.5 Å². The zero-order valence-electron chi connectivity index (χ0n) is 13.6. The van der Waals surface area contributed by atoms with Gasteiger partial charge in [0.2, 0.25) is 0 Å². The van der Waals surface area contributed by atoms with Crippen LogP contribution in [0.5, 0.6) is 5.75 Å². The molecule has 0 aliphatic rings. The quantitative estimate of drug-likeness (QED) is 0.736. The van der Waals surface area contributed by atoms with Gasteiger partial charge in [-0.1, -0.05) is 45.8 Å². The summed E-state index contributed by atoms with van der Waals surface area (Å²) in [5.74, 6) is 0.621. The van der Waals surface area contributed by atoms with Gasteiger partial charge in [-0.3, -0.25) is 4.79 Å². The summed E-state index contributed by atoms with van der Waals surface area (Å²) in [5.41, 5.74) is 3.66. The van der Waals surface area contributed by atoms with Gasteiger partial charge in [0.15, 0.2) is 6.61 Å². The van der Waals surface area contributed by atoms with Crippen molar-refractivity contribution in [2.24, 2.45) is 0 Å². The summed E-state index contributed by atoms with van der Waals surface area (Å²) in [6, 6.07) is 14.1. The number of hydrogen-bond acceptors (Lipinski definition) is 2. The Bertz CT molecular complexity index is 670. The minimum atomic E-state index is -0.0881. The smallest absolute Gasteiger partial charge is 0.257 e. The largest absolute Gasteiger partial charge is 0.484 e. The molecule has 0 heterocycles. The Morgan fingerprint density at radius 3 is 2.74 bits per heavy atom. The number of carbonyl (C=O) groups excluding carboxylic acids is 1. The first kappa shape index (κ1) is 17.5. The topological polar surface area (TPSA) is 38.3 Å². The van der Waals surface area contributed by atoms with Crippen LogP contribution in [0.25, 0.3) is 0 Å². The maximum absolute atomic E-state index is 11.8. The van der Waals surface area contributed by atoms with E-state index in [0.717, 1.165) is 22.9 Å². The molecule has 0 aromatic heterocycles. The first-order chi connectivity index (χ1) is 11.0. The fourth-order valence-electron chi connectivity index (χ4n) is 2.29. The van der Waals surface area contributed by atoms with Gasteiger partial charge in [-0.15, -0.1) is 0 Å². The second-order valence-corrected chi connectivity index (χ2v) is 6.50. The van der Waals surface area contributed by atoms with Crippen LogP contribution in [0.1, 0.15) is 23.1 Å². The van der Waals surface area contributed by atoms with Crippen LogP contribution in [0, 0.1) is 13.8 Å². The highest BCUT2D eigenvalue weighted by Gasteiger charge is 2.04. The molecule has 0 aliphatic carbocycles. The van der Waals surface area contributed by atoms with Crippen molar-refractivity contribution in [3.63, 3.8) is 0 Å². The molecule has 0 saturated heterocycles. The number of carbonyl (C=O) groups is 1. The van der Waals surface area contributed by atoms with E-state index >= 15 is 0 Å². The molecule has 0 radical (unpaired) electrons. The monoisotopic (exact) mass is 375 g/mol. The highest BCUT2D eigenvalue weighted by atomic mass is 79.9. The van der Waals surface area contributed by atoms with E-state index in [1.807, 2.05) is 25.1 Å². The summed E-state index contributed by atoms with van der Waals surface area (Å²) in [7, 11) is 0. The van der Waals surface area contributed by atoms with E-state index < -0.39 is 0 Å². The van der Waals surface area contributed by atoms with E-state index in [4.69, 9.17) is 4.74 Å². The van der Waals surface area contributed by atoms with Crippen molar-refractivity contribution >= 4 is 21.8 Å². The number of nitrogens with one attached hydrogen (secondary N) is 1. The molecular weight excluding hydrogens is 354 g/mol. The molecule has 23 heavy (non-hydrogen) atoms. The van der Waals surface area contributed by atoms with Crippen LogP contribution in [-0.2, 0) is 11.2 Å². The lowest BCUT2D eigenvalue weighted by atomic mass is 10.1. The number of ether oxygens (including phenoxy) is 1. The molecule has 1 N–H and O–H groups in total. The standard InChI is InChI=1S/C19H22BrNO2/c1-14-5-3-6-16(11-14)7-4-10-21-19(22)13-23-17-8-9-18(20)15(2)12-17/h3,5-6,8-9,11-12H,4,7,10,13H2,1-2H3,(H,21,22). The van der Waals surface area contributed by atoms with E-state index in [1.54, 1.807) is 0 Å². The minimum Gasteiger partial charge on any atom is -0.484 e. The van der Waals surface area contributed by atoms with Crippen molar-refractivity contribution in [3.05, 3.63) is 63.6 Å². The molecule has 3 nitrogen and oxygen atoms in total. The average molecular weight is 376 g/mol. The van der Waals surface area contributed by atoms with E-state index in [2.05, 4.69) is 52.4 Å².